The first-order valence-corrected chi connectivity index (χ1v) is 8.37. The molecule has 0 aromatic carbocycles. The molecule has 1 aliphatic carbocycles. The molecule has 116 valence electrons. The molecule has 0 aromatic heterocycles. The van der Waals surface area contributed by atoms with Gasteiger partial charge in [0.05, 0.1) is 19.1 Å². The fraction of sp³-hybridized carbons (Fsp3) is 0.938. The van der Waals surface area contributed by atoms with Gasteiger partial charge in [-0.2, -0.15) is 0 Å². The fourth-order valence-electron chi connectivity index (χ4n) is 3.66. The molecular formula is C16H30N2O2. The molecule has 3 unspecified atom stereocenters. The maximum atomic E-state index is 12.5. The third-order valence-corrected chi connectivity index (χ3v) is 4.87. The van der Waals surface area contributed by atoms with Crippen LogP contribution in [0.25, 0.3) is 0 Å². The van der Waals surface area contributed by atoms with Crippen molar-refractivity contribution >= 4 is 5.91 Å². The van der Waals surface area contributed by atoms with Crippen molar-refractivity contribution in [1.82, 2.24) is 10.6 Å². The molecule has 20 heavy (non-hydrogen) atoms. The Labute approximate surface area is 123 Å². The van der Waals surface area contributed by atoms with E-state index >= 15 is 0 Å². The number of hydrogen-bond acceptors (Lipinski definition) is 3. The van der Waals surface area contributed by atoms with Gasteiger partial charge in [-0.3, -0.25) is 4.79 Å². The summed E-state index contributed by atoms with van der Waals surface area (Å²) < 4.78 is 5.48. The van der Waals surface area contributed by atoms with E-state index < -0.39 is 0 Å². The van der Waals surface area contributed by atoms with E-state index in [0.29, 0.717) is 25.2 Å². The van der Waals surface area contributed by atoms with Crippen LogP contribution in [-0.4, -0.2) is 37.7 Å². The number of nitrogens with one attached hydrogen (secondary N) is 2. The van der Waals surface area contributed by atoms with Gasteiger partial charge in [0, 0.05) is 12.1 Å². The topological polar surface area (TPSA) is 50.4 Å². The van der Waals surface area contributed by atoms with Crippen LogP contribution in [0.3, 0.4) is 0 Å². The average molecular weight is 282 g/mol. The SMILES string of the molecule is CCNC1COCC1C(=O)NC(CC)C1CCCCC1. The predicted octanol–water partition coefficient (Wildman–Crippen LogP) is 2.09. The molecule has 4 nitrogen and oxygen atoms in total. The lowest BCUT2D eigenvalue weighted by Gasteiger charge is -2.31. The van der Waals surface area contributed by atoms with Gasteiger partial charge in [-0.1, -0.05) is 33.1 Å². The molecule has 2 aliphatic rings. The summed E-state index contributed by atoms with van der Waals surface area (Å²) in [5.74, 6) is 0.844. The Hall–Kier alpha value is -0.610. The smallest absolute Gasteiger partial charge is 0.227 e. The molecule has 1 saturated heterocycles. The van der Waals surface area contributed by atoms with Gasteiger partial charge >= 0.3 is 0 Å². The standard InChI is InChI=1S/C16H30N2O2/c1-3-14(12-8-6-5-7-9-12)18-16(19)13-10-20-11-15(13)17-4-2/h12-15,17H,3-11H2,1-2H3,(H,18,19). The van der Waals surface area contributed by atoms with Crippen molar-refractivity contribution in [2.75, 3.05) is 19.8 Å². The molecule has 2 rings (SSSR count). The summed E-state index contributed by atoms with van der Waals surface area (Å²) in [4.78, 5) is 12.5. The molecule has 1 amide bonds. The molecule has 2 N–H and O–H groups in total. The molecule has 0 aromatic rings. The predicted molar refractivity (Wildman–Crippen MR) is 80.6 cm³/mol. The number of rotatable bonds is 6. The summed E-state index contributed by atoms with van der Waals surface area (Å²) in [6.45, 7) is 6.37. The summed E-state index contributed by atoms with van der Waals surface area (Å²) in [5.41, 5.74) is 0. The van der Waals surface area contributed by atoms with Crippen molar-refractivity contribution in [3.8, 4) is 0 Å². The zero-order valence-electron chi connectivity index (χ0n) is 13.0. The lowest BCUT2D eigenvalue weighted by molar-refractivity contribution is -0.126. The Morgan fingerprint density at radius 2 is 1.95 bits per heavy atom. The second-order valence-corrected chi connectivity index (χ2v) is 6.23. The van der Waals surface area contributed by atoms with Gasteiger partial charge in [0.15, 0.2) is 0 Å². The zero-order chi connectivity index (χ0) is 14.4. The number of carbonyl (C=O) groups is 1. The number of carbonyl (C=O) groups excluding carboxylic acids is 1. The summed E-state index contributed by atoms with van der Waals surface area (Å²) in [5, 5.41) is 6.67. The molecule has 0 bridgehead atoms. The Morgan fingerprint density at radius 1 is 1.20 bits per heavy atom. The summed E-state index contributed by atoms with van der Waals surface area (Å²) in [6.07, 6.45) is 7.59. The third kappa shape index (κ3) is 3.95. The third-order valence-electron chi connectivity index (χ3n) is 4.87. The Morgan fingerprint density at radius 3 is 2.60 bits per heavy atom. The van der Waals surface area contributed by atoms with Crippen molar-refractivity contribution in [3.05, 3.63) is 0 Å². The van der Waals surface area contributed by atoms with E-state index in [0.717, 1.165) is 13.0 Å². The largest absolute Gasteiger partial charge is 0.379 e. The van der Waals surface area contributed by atoms with Crippen LogP contribution in [0.4, 0.5) is 0 Å². The number of hydrogen-bond donors (Lipinski definition) is 2. The molecule has 1 aliphatic heterocycles. The first kappa shape index (κ1) is 15.8. The molecule has 2 fully saturated rings. The minimum atomic E-state index is -0.0207. The summed E-state index contributed by atoms with van der Waals surface area (Å²) in [7, 11) is 0. The molecular weight excluding hydrogens is 252 g/mol. The van der Waals surface area contributed by atoms with Crippen LogP contribution in [0, 0.1) is 11.8 Å². The number of amides is 1. The highest BCUT2D eigenvalue weighted by Gasteiger charge is 2.35. The van der Waals surface area contributed by atoms with Crippen molar-refractivity contribution in [2.24, 2.45) is 11.8 Å². The highest BCUT2D eigenvalue weighted by Crippen LogP contribution is 2.28. The Balaban J connectivity index is 1.87. The highest BCUT2D eigenvalue weighted by atomic mass is 16.5. The monoisotopic (exact) mass is 282 g/mol. The van der Waals surface area contributed by atoms with Crippen LogP contribution in [0.5, 0.6) is 0 Å². The Bertz CT molecular complexity index is 303. The summed E-state index contributed by atoms with van der Waals surface area (Å²) in [6, 6.07) is 0.537. The van der Waals surface area contributed by atoms with Gasteiger partial charge in [-0.15, -0.1) is 0 Å². The van der Waals surface area contributed by atoms with Gasteiger partial charge in [-0.05, 0) is 31.7 Å². The molecule has 0 radical (unpaired) electrons. The van der Waals surface area contributed by atoms with Crippen LogP contribution >= 0.6 is 0 Å². The molecule has 1 saturated carbocycles. The van der Waals surface area contributed by atoms with Crippen molar-refractivity contribution in [3.63, 3.8) is 0 Å². The van der Waals surface area contributed by atoms with E-state index in [2.05, 4.69) is 24.5 Å². The summed E-state index contributed by atoms with van der Waals surface area (Å²) >= 11 is 0. The first-order chi connectivity index (χ1) is 9.76. The minimum Gasteiger partial charge on any atom is -0.379 e. The highest BCUT2D eigenvalue weighted by molar-refractivity contribution is 5.80. The maximum absolute atomic E-state index is 12.5. The van der Waals surface area contributed by atoms with Gasteiger partial charge in [0.2, 0.25) is 5.91 Å². The van der Waals surface area contributed by atoms with E-state index in [1.807, 2.05) is 0 Å². The quantitative estimate of drug-likeness (QED) is 0.784. The fourth-order valence-corrected chi connectivity index (χ4v) is 3.66. The first-order valence-electron chi connectivity index (χ1n) is 8.37. The van der Waals surface area contributed by atoms with Crippen LogP contribution in [0.1, 0.15) is 52.4 Å². The molecule has 1 heterocycles. The van der Waals surface area contributed by atoms with Crippen molar-refractivity contribution in [1.29, 1.82) is 0 Å². The average Bonchev–Trinajstić information content (AvgIpc) is 2.94. The van der Waals surface area contributed by atoms with Gasteiger partial charge in [0.25, 0.3) is 0 Å². The van der Waals surface area contributed by atoms with Crippen molar-refractivity contribution in [2.45, 2.75) is 64.5 Å². The van der Waals surface area contributed by atoms with Crippen LogP contribution < -0.4 is 10.6 Å². The van der Waals surface area contributed by atoms with Crippen LogP contribution in [0.15, 0.2) is 0 Å². The van der Waals surface area contributed by atoms with Gasteiger partial charge in [0.1, 0.15) is 0 Å². The van der Waals surface area contributed by atoms with Gasteiger partial charge < -0.3 is 15.4 Å². The van der Waals surface area contributed by atoms with Crippen LogP contribution in [0.2, 0.25) is 0 Å². The van der Waals surface area contributed by atoms with E-state index in [1.54, 1.807) is 0 Å². The second-order valence-electron chi connectivity index (χ2n) is 6.23. The minimum absolute atomic E-state index is 0.0207. The van der Waals surface area contributed by atoms with Crippen LogP contribution in [-0.2, 0) is 9.53 Å². The number of likely N-dealkylation sites (N-methyl/N-ethyl adjacent to an activating group) is 1. The maximum Gasteiger partial charge on any atom is 0.227 e. The van der Waals surface area contributed by atoms with E-state index in [9.17, 15) is 4.79 Å². The normalized spacial score (nSPS) is 29.3. The molecule has 4 heteroatoms. The lowest BCUT2D eigenvalue weighted by atomic mass is 9.82. The lowest BCUT2D eigenvalue weighted by Crippen LogP contribution is -2.48. The van der Waals surface area contributed by atoms with E-state index in [-0.39, 0.29) is 17.9 Å². The van der Waals surface area contributed by atoms with Gasteiger partial charge in [-0.25, -0.2) is 0 Å². The van der Waals surface area contributed by atoms with E-state index in [1.165, 1.54) is 32.1 Å². The van der Waals surface area contributed by atoms with E-state index in [4.69, 9.17) is 4.74 Å². The molecule has 3 atom stereocenters. The molecule has 0 spiro atoms. The zero-order valence-corrected chi connectivity index (χ0v) is 13.0. The second kappa shape index (κ2) is 7.99. The Kier molecular flexibility index (Phi) is 6.30. The van der Waals surface area contributed by atoms with Crippen molar-refractivity contribution < 1.29 is 9.53 Å². The number of ether oxygens (including phenoxy) is 1.